The van der Waals surface area contributed by atoms with Gasteiger partial charge in [-0.25, -0.2) is 9.07 Å². The summed E-state index contributed by atoms with van der Waals surface area (Å²) in [5, 5.41) is 25.7. The highest BCUT2D eigenvalue weighted by atomic mass is 19.4. The summed E-state index contributed by atoms with van der Waals surface area (Å²) in [4.78, 5) is 0. The Bertz CT molecular complexity index is 1320. The number of likely N-dealkylation sites (N-methyl/N-ethyl adjacent to an activating group) is 1. The van der Waals surface area contributed by atoms with Crippen molar-refractivity contribution in [3.8, 4) is 17.1 Å². The van der Waals surface area contributed by atoms with Crippen molar-refractivity contribution in [2.75, 3.05) is 26.7 Å². The van der Waals surface area contributed by atoms with E-state index in [0.29, 0.717) is 30.0 Å². The third-order valence-corrected chi connectivity index (χ3v) is 6.92. The highest BCUT2D eigenvalue weighted by Gasteiger charge is 2.44. The molecule has 11 heteroatoms. The fourth-order valence-electron chi connectivity index (χ4n) is 4.81. The highest BCUT2D eigenvalue weighted by molar-refractivity contribution is 5.91. The molecule has 1 saturated heterocycles. The highest BCUT2D eigenvalue weighted by Crippen LogP contribution is 2.33. The molecule has 7 nitrogen and oxygen atoms in total. The summed E-state index contributed by atoms with van der Waals surface area (Å²) in [5.74, 6) is -0.0997. The summed E-state index contributed by atoms with van der Waals surface area (Å²) >= 11 is 0. The molecule has 0 amide bonds. The monoisotopic (exact) mass is 489 g/mol. The van der Waals surface area contributed by atoms with Crippen molar-refractivity contribution in [2.45, 2.75) is 31.0 Å². The van der Waals surface area contributed by atoms with Crippen LogP contribution in [0, 0.1) is 5.82 Å². The number of quaternary nitrogens is 1. The predicted molar refractivity (Wildman–Crippen MR) is 121 cm³/mol. The summed E-state index contributed by atoms with van der Waals surface area (Å²) < 4.78 is 53.6. The molecule has 1 atom stereocenters. The Morgan fingerprint density at radius 1 is 1.14 bits per heavy atom. The van der Waals surface area contributed by atoms with Gasteiger partial charge in [0.2, 0.25) is 0 Å². The topological polar surface area (TPSA) is 79.6 Å². The lowest BCUT2D eigenvalue weighted by Gasteiger charge is -2.42. The third kappa shape index (κ3) is 4.78. The van der Waals surface area contributed by atoms with E-state index in [-0.39, 0.29) is 22.8 Å². The number of aromatic amines is 1. The maximum Gasteiger partial charge on any atom is 0.419 e. The predicted octanol–water partition coefficient (Wildman–Crippen LogP) is 4.20. The number of halogens is 4. The third-order valence-electron chi connectivity index (χ3n) is 6.92. The number of aromatic nitrogens is 5. The Balaban J connectivity index is 1.26. The molecule has 1 aliphatic heterocycles. The molecule has 1 fully saturated rings. The number of fused-ring (bicyclic) bond motifs is 1. The van der Waals surface area contributed by atoms with Crippen LogP contribution in [0.1, 0.15) is 24.3 Å². The fourth-order valence-corrected chi connectivity index (χ4v) is 4.81. The van der Waals surface area contributed by atoms with Gasteiger partial charge in [0.1, 0.15) is 23.7 Å². The zero-order valence-electron chi connectivity index (χ0n) is 19.0. The van der Waals surface area contributed by atoms with Crippen LogP contribution in [0.15, 0.2) is 48.7 Å². The summed E-state index contributed by atoms with van der Waals surface area (Å²) in [5.41, 5.74) is 3.65. The van der Waals surface area contributed by atoms with Crippen molar-refractivity contribution >= 4 is 10.9 Å². The Hall–Kier alpha value is -3.31. The Morgan fingerprint density at radius 2 is 1.86 bits per heavy atom. The van der Waals surface area contributed by atoms with E-state index < -0.39 is 12.3 Å². The minimum absolute atomic E-state index is 0.214. The van der Waals surface area contributed by atoms with Gasteiger partial charge in [-0.15, -0.1) is 5.10 Å². The average molecular weight is 489 g/mol. The van der Waals surface area contributed by atoms with E-state index in [1.165, 1.54) is 12.1 Å². The number of aliphatic hydroxyl groups excluding tert-OH is 1. The summed E-state index contributed by atoms with van der Waals surface area (Å²) in [6.45, 7) is 0.838. The van der Waals surface area contributed by atoms with Gasteiger partial charge in [0, 0.05) is 18.2 Å². The largest absolute Gasteiger partial charge is 0.419 e. The molecule has 4 aromatic rings. The zero-order valence-corrected chi connectivity index (χ0v) is 19.0. The molecule has 1 aliphatic rings. The van der Waals surface area contributed by atoms with E-state index in [2.05, 4.69) is 20.5 Å². The van der Waals surface area contributed by atoms with Crippen molar-refractivity contribution < 1.29 is 27.2 Å². The first-order chi connectivity index (χ1) is 16.6. The smallest absolute Gasteiger partial charge is 0.379 e. The SMILES string of the molecule is C[N+]1(CC(O)C(F)(F)F)CCC(c2ccc(-n3cc(-c4n[nH]c5cc(F)ccc45)nn3)cc2)CC1. The molecule has 0 saturated carbocycles. The van der Waals surface area contributed by atoms with Gasteiger partial charge < -0.3 is 9.59 Å². The van der Waals surface area contributed by atoms with Crippen LogP contribution in [0.4, 0.5) is 17.6 Å². The first kappa shape index (κ1) is 23.4. The second-order valence-corrected chi connectivity index (χ2v) is 9.48. The van der Waals surface area contributed by atoms with Crippen molar-refractivity contribution in [1.29, 1.82) is 0 Å². The Labute approximate surface area is 198 Å². The maximum atomic E-state index is 13.4. The van der Waals surface area contributed by atoms with Crippen LogP contribution in [-0.4, -0.2) is 73.7 Å². The lowest BCUT2D eigenvalue weighted by atomic mass is 9.88. The van der Waals surface area contributed by atoms with Crippen molar-refractivity contribution in [1.82, 2.24) is 25.2 Å². The molecule has 5 rings (SSSR count). The van der Waals surface area contributed by atoms with Gasteiger partial charge in [-0.2, -0.15) is 18.3 Å². The van der Waals surface area contributed by atoms with Gasteiger partial charge >= 0.3 is 6.18 Å². The van der Waals surface area contributed by atoms with Gasteiger partial charge in [-0.3, -0.25) is 5.10 Å². The van der Waals surface area contributed by atoms with E-state index in [9.17, 15) is 22.7 Å². The molecule has 3 heterocycles. The van der Waals surface area contributed by atoms with Crippen LogP contribution in [0.25, 0.3) is 28.0 Å². The van der Waals surface area contributed by atoms with Crippen LogP contribution < -0.4 is 0 Å². The lowest BCUT2D eigenvalue weighted by Crippen LogP contribution is -2.55. The first-order valence-electron chi connectivity index (χ1n) is 11.4. The molecule has 184 valence electrons. The maximum absolute atomic E-state index is 13.4. The van der Waals surface area contributed by atoms with E-state index in [0.717, 1.165) is 29.5 Å². The fraction of sp³-hybridized carbons (Fsp3) is 0.375. The zero-order chi connectivity index (χ0) is 24.8. The molecule has 0 aliphatic carbocycles. The second kappa shape index (κ2) is 8.72. The minimum Gasteiger partial charge on any atom is -0.379 e. The van der Waals surface area contributed by atoms with Gasteiger partial charge in [0.25, 0.3) is 0 Å². The number of nitrogens with zero attached hydrogens (tertiary/aromatic N) is 5. The van der Waals surface area contributed by atoms with Gasteiger partial charge in [0.15, 0.2) is 6.10 Å². The molecular formula is C24H25F4N6O+. The van der Waals surface area contributed by atoms with Crippen LogP contribution in [-0.2, 0) is 0 Å². The summed E-state index contributed by atoms with van der Waals surface area (Å²) in [6, 6.07) is 12.3. The molecule has 0 bridgehead atoms. The number of piperidine rings is 1. The number of hydrogen-bond acceptors (Lipinski definition) is 4. The van der Waals surface area contributed by atoms with Crippen LogP contribution >= 0.6 is 0 Å². The Kier molecular flexibility index (Phi) is 5.84. The minimum atomic E-state index is -4.59. The van der Waals surface area contributed by atoms with Crippen molar-refractivity contribution in [2.24, 2.45) is 0 Å². The number of H-pyrrole nitrogens is 1. The molecule has 35 heavy (non-hydrogen) atoms. The number of likely N-dealkylation sites (tertiary alicyclic amines) is 1. The summed E-state index contributed by atoms with van der Waals surface area (Å²) in [7, 11) is 1.77. The normalized spacial score (nSPS) is 21.9. The van der Waals surface area contributed by atoms with E-state index in [1.807, 2.05) is 24.3 Å². The van der Waals surface area contributed by atoms with Gasteiger partial charge in [-0.1, -0.05) is 17.3 Å². The molecular weight excluding hydrogens is 464 g/mol. The molecule has 1 unspecified atom stereocenters. The molecule has 2 N–H and O–H groups in total. The van der Waals surface area contributed by atoms with Crippen LogP contribution in [0.3, 0.4) is 0 Å². The standard InChI is InChI=1S/C24H25F4N6O/c1-34(14-22(35)24(26,27)28)10-8-16(9-11-34)15-2-5-18(6-3-15)33-13-21(30-32-33)23-19-7-4-17(25)12-20(19)29-31-23/h2-7,12-13,16,22,35H,8-11,14H2,1H3,(H,29,31)/q+1. The number of aliphatic hydroxyl groups is 1. The first-order valence-corrected chi connectivity index (χ1v) is 11.4. The number of hydrogen-bond donors (Lipinski definition) is 2. The molecule has 0 radical (unpaired) electrons. The number of nitrogens with one attached hydrogen (secondary N) is 1. The number of benzene rings is 2. The van der Waals surface area contributed by atoms with E-state index >= 15 is 0 Å². The Morgan fingerprint density at radius 3 is 2.54 bits per heavy atom. The van der Waals surface area contributed by atoms with Gasteiger partial charge in [-0.05, 0) is 41.8 Å². The van der Waals surface area contributed by atoms with Crippen molar-refractivity contribution in [3.05, 3.63) is 60.0 Å². The molecule has 2 aromatic heterocycles. The lowest BCUT2D eigenvalue weighted by molar-refractivity contribution is -0.918. The molecule has 2 aromatic carbocycles. The van der Waals surface area contributed by atoms with E-state index in [4.69, 9.17) is 0 Å². The summed E-state index contributed by atoms with van der Waals surface area (Å²) in [6.07, 6.45) is -3.63. The number of rotatable bonds is 5. The van der Waals surface area contributed by atoms with E-state index in [1.54, 1.807) is 24.0 Å². The number of alkyl halides is 3. The van der Waals surface area contributed by atoms with Gasteiger partial charge in [0.05, 0.1) is 37.5 Å². The van der Waals surface area contributed by atoms with Crippen LogP contribution in [0.2, 0.25) is 0 Å². The quantitative estimate of drug-likeness (QED) is 0.325. The van der Waals surface area contributed by atoms with Crippen LogP contribution in [0.5, 0.6) is 0 Å². The average Bonchev–Trinajstić information content (AvgIpc) is 3.46. The molecule has 0 spiro atoms. The second-order valence-electron chi connectivity index (χ2n) is 9.48. The van der Waals surface area contributed by atoms with Crippen molar-refractivity contribution in [3.63, 3.8) is 0 Å².